The molecule has 3 nitrogen and oxygen atoms in total. The van der Waals surface area contributed by atoms with E-state index in [2.05, 4.69) is 164 Å². The van der Waals surface area contributed by atoms with Crippen LogP contribution in [0.1, 0.15) is 25.0 Å². The lowest BCUT2D eigenvalue weighted by Gasteiger charge is -2.22. The Bertz CT molecular complexity index is 2810. The third-order valence-electron chi connectivity index (χ3n) is 10.7. The molecule has 7 aromatic carbocycles. The molecule has 9 aromatic rings. The van der Waals surface area contributed by atoms with Gasteiger partial charge in [-0.05, 0) is 79.7 Å². The van der Waals surface area contributed by atoms with Crippen LogP contribution in [0.4, 0.5) is 0 Å². The summed E-state index contributed by atoms with van der Waals surface area (Å²) in [5.74, 6) is 0.698. The van der Waals surface area contributed by atoms with Crippen molar-refractivity contribution in [3.63, 3.8) is 0 Å². The number of benzene rings is 7. The van der Waals surface area contributed by atoms with Crippen LogP contribution in [0.3, 0.4) is 0 Å². The van der Waals surface area contributed by atoms with Gasteiger partial charge in [0.25, 0.3) is 0 Å². The topological polar surface area (TPSA) is 38.7 Å². The van der Waals surface area contributed by atoms with E-state index in [4.69, 9.17) is 9.97 Å². The Morgan fingerprint density at radius 3 is 1.94 bits per heavy atom. The molecule has 3 heteroatoms. The lowest BCUT2D eigenvalue weighted by molar-refractivity contribution is 0.661. The van der Waals surface area contributed by atoms with Crippen molar-refractivity contribution in [2.24, 2.45) is 0 Å². The van der Waals surface area contributed by atoms with Crippen molar-refractivity contribution < 1.29 is 0 Å². The van der Waals surface area contributed by atoms with Crippen LogP contribution in [0.2, 0.25) is 0 Å². The SMILES string of the molecule is CC1(C)c2ccccc2-c2cc3ccc4ccc(-c5cc(-c6ccccc6)nc(-c6ccc(-c7cccc8cccnc78)cc6)n5)cc4c3cc21. The van der Waals surface area contributed by atoms with Gasteiger partial charge in [0.05, 0.1) is 16.9 Å². The van der Waals surface area contributed by atoms with E-state index < -0.39 is 0 Å². The molecular formula is C48H33N3. The number of pyridine rings is 1. The maximum absolute atomic E-state index is 5.22. The smallest absolute Gasteiger partial charge is 0.160 e. The van der Waals surface area contributed by atoms with Crippen molar-refractivity contribution in [3.8, 4) is 56.2 Å². The number of para-hydroxylation sites is 1. The maximum Gasteiger partial charge on any atom is 0.160 e. The molecule has 0 radical (unpaired) electrons. The van der Waals surface area contributed by atoms with Crippen LogP contribution in [0, 0.1) is 0 Å². The average molecular weight is 652 g/mol. The number of nitrogens with zero attached hydrogens (tertiary/aromatic N) is 3. The van der Waals surface area contributed by atoms with E-state index >= 15 is 0 Å². The number of hydrogen-bond acceptors (Lipinski definition) is 3. The van der Waals surface area contributed by atoms with Crippen LogP contribution in [-0.4, -0.2) is 15.0 Å². The quantitative estimate of drug-likeness (QED) is 0.178. The molecule has 10 rings (SSSR count). The van der Waals surface area contributed by atoms with Gasteiger partial charge >= 0.3 is 0 Å². The zero-order valence-corrected chi connectivity index (χ0v) is 28.4. The van der Waals surface area contributed by atoms with E-state index in [0.29, 0.717) is 5.82 Å². The zero-order valence-electron chi connectivity index (χ0n) is 28.4. The number of hydrogen-bond donors (Lipinski definition) is 0. The highest BCUT2D eigenvalue weighted by Gasteiger charge is 2.35. The largest absolute Gasteiger partial charge is 0.256 e. The minimum absolute atomic E-state index is 0.0638. The standard InChI is InChI=1S/C48H33N3/c1-48(2)42-16-7-6-14-38(42)41-26-35-23-19-31-20-24-36(27-39(31)40(35)28-43(41)48)45-29-44(32-10-4-3-5-11-32)50-47(51-45)34-21-17-30(18-22-34)37-15-8-12-33-13-9-25-49-46(33)37/h3-29H,1-2H3. The van der Waals surface area contributed by atoms with E-state index in [9.17, 15) is 0 Å². The van der Waals surface area contributed by atoms with Crippen molar-refractivity contribution in [2.75, 3.05) is 0 Å². The van der Waals surface area contributed by atoms with E-state index in [1.165, 1.54) is 43.8 Å². The number of aromatic nitrogens is 3. The normalized spacial score (nSPS) is 13.1. The molecule has 0 atom stereocenters. The predicted octanol–water partition coefficient (Wildman–Crippen LogP) is 12.3. The molecular weight excluding hydrogens is 619 g/mol. The fourth-order valence-corrected chi connectivity index (χ4v) is 8.03. The Morgan fingerprint density at radius 2 is 1.08 bits per heavy atom. The molecule has 0 saturated carbocycles. The Morgan fingerprint density at radius 1 is 0.412 bits per heavy atom. The summed E-state index contributed by atoms with van der Waals surface area (Å²) in [6.07, 6.45) is 1.85. The number of rotatable bonds is 4. The van der Waals surface area contributed by atoms with Gasteiger partial charge in [-0.1, -0.05) is 141 Å². The molecule has 0 bridgehead atoms. The summed E-state index contributed by atoms with van der Waals surface area (Å²) in [6.45, 7) is 4.69. The van der Waals surface area contributed by atoms with Crippen LogP contribution >= 0.6 is 0 Å². The third-order valence-corrected chi connectivity index (χ3v) is 10.7. The second-order valence-electron chi connectivity index (χ2n) is 14.1. The summed E-state index contributed by atoms with van der Waals surface area (Å²) in [5, 5.41) is 6.10. The summed E-state index contributed by atoms with van der Waals surface area (Å²) in [6, 6.07) is 56.4. The Labute approximate surface area is 297 Å². The van der Waals surface area contributed by atoms with Crippen LogP contribution in [0.15, 0.2) is 164 Å². The second kappa shape index (κ2) is 11.3. The van der Waals surface area contributed by atoms with Gasteiger partial charge in [0.15, 0.2) is 5.82 Å². The second-order valence-corrected chi connectivity index (χ2v) is 14.1. The van der Waals surface area contributed by atoms with Gasteiger partial charge in [0.2, 0.25) is 0 Å². The van der Waals surface area contributed by atoms with Crippen molar-refractivity contribution in [1.82, 2.24) is 15.0 Å². The van der Waals surface area contributed by atoms with Crippen molar-refractivity contribution in [1.29, 1.82) is 0 Å². The minimum Gasteiger partial charge on any atom is -0.256 e. The molecule has 2 heterocycles. The van der Waals surface area contributed by atoms with E-state index in [-0.39, 0.29) is 5.41 Å². The van der Waals surface area contributed by atoms with Crippen LogP contribution in [0.25, 0.3) is 88.6 Å². The molecule has 0 spiro atoms. The first-order valence-corrected chi connectivity index (χ1v) is 17.5. The number of fused-ring (bicyclic) bond motifs is 7. The first kappa shape index (κ1) is 29.5. The summed E-state index contributed by atoms with van der Waals surface area (Å²) < 4.78 is 0. The van der Waals surface area contributed by atoms with E-state index in [0.717, 1.165) is 50.1 Å². The molecule has 0 fully saturated rings. The van der Waals surface area contributed by atoms with Crippen molar-refractivity contribution >= 4 is 32.4 Å². The molecule has 51 heavy (non-hydrogen) atoms. The maximum atomic E-state index is 5.22. The molecule has 1 aliphatic carbocycles. The molecule has 0 N–H and O–H groups in total. The minimum atomic E-state index is -0.0638. The monoisotopic (exact) mass is 651 g/mol. The lowest BCUT2D eigenvalue weighted by atomic mass is 9.81. The summed E-state index contributed by atoms with van der Waals surface area (Å²) in [5.41, 5.74) is 13.5. The molecule has 0 unspecified atom stereocenters. The Kier molecular flexibility index (Phi) is 6.53. The molecule has 0 amide bonds. The zero-order chi connectivity index (χ0) is 34.1. The van der Waals surface area contributed by atoms with Crippen LogP contribution in [-0.2, 0) is 5.41 Å². The van der Waals surface area contributed by atoms with E-state index in [1.807, 2.05) is 18.3 Å². The Balaban J connectivity index is 1.11. The van der Waals surface area contributed by atoms with Gasteiger partial charge in [-0.3, -0.25) is 4.98 Å². The third kappa shape index (κ3) is 4.77. The van der Waals surface area contributed by atoms with Gasteiger partial charge in [-0.25, -0.2) is 9.97 Å². The average Bonchev–Trinajstić information content (AvgIpc) is 3.42. The first-order chi connectivity index (χ1) is 25.0. The van der Waals surface area contributed by atoms with Crippen molar-refractivity contribution in [3.05, 3.63) is 175 Å². The van der Waals surface area contributed by atoms with Crippen LogP contribution in [0.5, 0.6) is 0 Å². The summed E-state index contributed by atoms with van der Waals surface area (Å²) >= 11 is 0. The highest BCUT2D eigenvalue weighted by molar-refractivity contribution is 6.11. The van der Waals surface area contributed by atoms with Gasteiger partial charge < -0.3 is 0 Å². The molecule has 1 aliphatic rings. The van der Waals surface area contributed by atoms with Crippen molar-refractivity contribution in [2.45, 2.75) is 19.3 Å². The van der Waals surface area contributed by atoms with E-state index in [1.54, 1.807) is 0 Å². The highest BCUT2D eigenvalue weighted by Crippen LogP contribution is 2.50. The molecule has 0 saturated heterocycles. The molecule has 0 aliphatic heterocycles. The summed E-state index contributed by atoms with van der Waals surface area (Å²) in [7, 11) is 0. The fourth-order valence-electron chi connectivity index (χ4n) is 8.03. The van der Waals surface area contributed by atoms with Gasteiger partial charge in [0.1, 0.15) is 0 Å². The predicted molar refractivity (Wildman–Crippen MR) is 212 cm³/mol. The van der Waals surface area contributed by atoms with Gasteiger partial charge in [-0.2, -0.15) is 0 Å². The van der Waals surface area contributed by atoms with Gasteiger partial charge in [0, 0.05) is 39.3 Å². The van der Waals surface area contributed by atoms with Gasteiger partial charge in [-0.15, -0.1) is 0 Å². The fraction of sp³-hybridized carbons (Fsp3) is 0.0625. The molecule has 240 valence electrons. The summed E-state index contributed by atoms with van der Waals surface area (Å²) in [4.78, 5) is 15.0. The first-order valence-electron chi connectivity index (χ1n) is 17.5. The molecule has 2 aromatic heterocycles. The highest BCUT2D eigenvalue weighted by atomic mass is 14.9. The lowest BCUT2D eigenvalue weighted by Crippen LogP contribution is -2.14. The van der Waals surface area contributed by atoms with Crippen LogP contribution < -0.4 is 0 Å². The Hall–Kier alpha value is -6.45.